The van der Waals surface area contributed by atoms with E-state index in [0.717, 1.165) is 30.8 Å². The lowest BCUT2D eigenvalue weighted by atomic mass is 10.2. The molecule has 0 atom stereocenters. The molecule has 4 rings (SSSR count). The number of nitrogens with zero attached hydrogens (tertiary/aromatic N) is 4. The van der Waals surface area contributed by atoms with Crippen molar-refractivity contribution in [1.29, 1.82) is 0 Å². The number of hydrogen-bond donors (Lipinski definition) is 0. The molecule has 1 aliphatic rings. The molecular formula is C17H18N4O2. The van der Waals surface area contributed by atoms with E-state index in [1.54, 1.807) is 12.1 Å². The summed E-state index contributed by atoms with van der Waals surface area (Å²) >= 11 is 0. The summed E-state index contributed by atoms with van der Waals surface area (Å²) in [4.78, 5) is 16.4. The number of pyridine rings is 1. The Bertz CT molecular complexity index is 768. The molecule has 1 aliphatic heterocycles. The summed E-state index contributed by atoms with van der Waals surface area (Å²) in [7, 11) is 0. The maximum Gasteiger partial charge on any atom is 0.289 e. The average Bonchev–Trinajstić information content (AvgIpc) is 3.24. The molecule has 1 saturated heterocycles. The third-order valence-corrected chi connectivity index (χ3v) is 4.20. The van der Waals surface area contributed by atoms with Gasteiger partial charge in [0, 0.05) is 38.9 Å². The topological polar surface area (TPSA) is 54.0 Å². The normalized spacial score (nSPS) is 16.1. The first kappa shape index (κ1) is 14.0. The minimum Gasteiger partial charge on any atom is -0.459 e. The van der Waals surface area contributed by atoms with E-state index in [1.807, 2.05) is 27.7 Å². The minimum atomic E-state index is -0.0256. The van der Waals surface area contributed by atoms with Gasteiger partial charge in [0.2, 0.25) is 0 Å². The molecule has 0 N–H and O–H groups in total. The van der Waals surface area contributed by atoms with Crippen LogP contribution in [0, 0.1) is 0 Å². The fourth-order valence-electron chi connectivity index (χ4n) is 2.96. The van der Waals surface area contributed by atoms with Crippen molar-refractivity contribution < 1.29 is 9.21 Å². The van der Waals surface area contributed by atoms with E-state index in [-0.39, 0.29) is 5.91 Å². The number of amides is 1. The summed E-state index contributed by atoms with van der Waals surface area (Å²) in [5.74, 6) is 0.390. The van der Waals surface area contributed by atoms with Crippen LogP contribution < -0.4 is 0 Å². The van der Waals surface area contributed by atoms with Gasteiger partial charge in [0.15, 0.2) is 5.76 Å². The van der Waals surface area contributed by atoms with Gasteiger partial charge in [-0.25, -0.2) is 4.52 Å². The lowest BCUT2D eigenvalue weighted by Crippen LogP contribution is -2.48. The van der Waals surface area contributed by atoms with Gasteiger partial charge in [-0.1, -0.05) is 6.07 Å². The van der Waals surface area contributed by atoms with Crippen molar-refractivity contribution in [2.24, 2.45) is 0 Å². The van der Waals surface area contributed by atoms with Gasteiger partial charge in [-0.2, -0.15) is 5.10 Å². The highest BCUT2D eigenvalue weighted by Gasteiger charge is 2.23. The molecule has 1 amide bonds. The molecule has 0 unspecified atom stereocenters. The van der Waals surface area contributed by atoms with E-state index in [4.69, 9.17) is 4.42 Å². The predicted molar refractivity (Wildman–Crippen MR) is 85.1 cm³/mol. The zero-order valence-electron chi connectivity index (χ0n) is 12.8. The second-order valence-corrected chi connectivity index (χ2v) is 5.75. The van der Waals surface area contributed by atoms with Gasteiger partial charge in [-0.15, -0.1) is 0 Å². The highest BCUT2D eigenvalue weighted by molar-refractivity contribution is 5.91. The number of hydrogen-bond acceptors (Lipinski definition) is 4. The van der Waals surface area contributed by atoms with Crippen LogP contribution in [0.4, 0.5) is 0 Å². The van der Waals surface area contributed by atoms with E-state index < -0.39 is 0 Å². The molecule has 0 aromatic carbocycles. The monoisotopic (exact) mass is 310 g/mol. The lowest BCUT2D eigenvalue weighted by molar-refractivity contribution is 0.0596. The van der Waals surface area contributed by atoms with Crippen LogP contribution in [0.1, 0.15) is 16.2 Å². The van der Waals surface area contributed by atoms with Gasteiger partial charge in [-0.05, 0) is 30.3 Å². The summed E-state index contributed by atoms with van der Waals surface area (Å²) in [6.07, 6.45) is 3.49. The Morgan fingerprint density at radius 1 is 1.13 bits per heavy atom. The van der Waals surface area contributed by atoms with E-state index >= 15 is 0 Å². The van der Waals surface area contributed by atoms with Crippen molar-refractivity contribution in [3.8, 4) is 0 Å². The molecule has 0 spiro atoms. The second-order valence-electron chi connectivity index (χ2n) is 5.75. The lowest BCUT2D eigenvalue weighted by Gasteiger charge is -2.33. The molecule has 0 saturated carbocycles. The Morgan fingerprint density at radius 2 is 2.00 bits per heavy atom. The van der Waals surface area contributed by atoms with Crippen LogP contribution in [-0.2, 0) is 6.54 Å². The maximum absolute atomic E-state index is 12.2. The molecule has 0 bridgehead atoms. The van der Waals surface area contributed by atoms with Crippen molar-refractivity contribution in [3.05, 3.63) is 60.3 Å². The van der Waals surface area contributed by atoms with Crippen molar-refractivity contribution in [1.82, 2.24) is 19.4 Å². The zero-order chi connectivity index (χ0) is 15.6. The van der Waals surface area contributed by atoms with Crippen molar-refractivity contribution >= 4 is 11.4 Å². The van der Waals surface area contributed by atoms with Gasteiger partial charge in [0.1, 0.15) is 0 Å². The van der Waals surface area contributed by atoms with E-state index in [0.29, 0.717) is 18.8 Å². The largest absolute Gasteiger partial charge is 0.459 e. The molecule has 0 radical (unpaired) electrons. The summed E-state index contributed by atoms with van der Waals surface area (Å²) in [5.41, 5.74) is 2.16. The Balaban J connectivity index is 1.37. The first-order valence-corrected chi connectivity index (χ1v) is 7.78. The molecule has 6 heteroatoms. The molecule has 4 heterocycles. The second kappa shape index (κ2) is 5.89. The zero-order valence-corrected chi connectivity index (χ0v) is 12.8. The van der Waals surface area contributed by atoms with Gasteiger partial charge >= 0.3 is 0 Å². The Hall–Kier alpha value is -2.60. The fourth-order valence-corrected chi connectivity index (χ4v) is 2.96. The Kier molecular flexibility index (Phi) is 3.59. The quantitative estimate of drug-likeness (QED) is 0.741. The smallest absolute Gasteiger partial charge is 0.289 e. The minimum absolute atomic E-state index is 0.0256. The number of fused-ring (bicyclic) bond motifs is 1. The average molecular weight is 310 g/mol. The number of carbonyl (C=O) groups is 1. The fraction of sp³-hybridized carbons (Fsp3) is 0.294. The number of rotatable bonds is 3. The van der Waals surface area contributed by atoms with E-state index in [1.165, 1.54) is 6.26 Å². The molecule has 1 fully saturated rings. The SMILES string of the molecule is O=C(c1ccco1)N1CCN(Cc2cc3ccccn3n2)CC1. The van der Waals surface area contributed by atoms with E-state index in [2.05, 4.69) is 22.1 Å². The number of carbonyl (C=O) groups excluding carboxylic acids is 1. The van der Waals surface area contributed by atoms with Gasteiger partial charge in [-0.3, -0.25) is 9.69 Å². The maximum atomic E-state index is 12.2. The van der Waals surface area contributed by atoms with E-state index in [9.17, 15) is 4.79 Å². The standard InChI is InChI=1S/C17H18N4O2/c22-17(16-5-3-11-23-16)20-9-7-19(8-10-20)13-14-12-15-4-1-2-6-21(15)18-14/h1-6,11-12H,7-10,13H2. The van der Waals surface area contributed by atoms with Gasteiger partial charge in [0.05, 0.1) is 17.5 Å². The van der Waals surface area contributed by atoms with Crippen LogP contribution in [0.5, 0.6) is 0 Å². The van der Waals surface area contributed by atoms with Crippen molar-refractivity contribution in [3.63, 3.8) is 0 Å². The molecule has 23 heavy (non-hydrogen) atoms. The van der Waals surface area contributed by atoms with Crippen LogP contribution in [0.3, 0.4) is 0 Å². The van der Waals surface area contributed by atoms with Crippen LogP contribution in [0.15, 0.2) is 53.3 Å². The highest BCUT2D eigenvalue weighted by atomic mass is 16.3. The third-order valence-electron chi connectivity index (χ3n) is 4.20. The molecule has 118 valence electrons. The highest BCUT2D eigenvalue weighted by Crippen LogP contribution is 2.13. The van der Waals surface area contributed by atoms with Gasteiger partial charge in [0.25, 0.3) is 5.91 Å². The number of piperazine rings is 1. The molecule has 0 aliphatic carbocycles. The summed E-state index contributed by atoms with van der Waals surface area (Å²) in [6, 6.07) is 11.6. The number of aromatic nitrogens is 2. The Morgan fingerprint density at radius 3 is 2.74 bits per heavy atom. The predicted octanol–water partition coefficient (Wildman–Crippen LogP) is 1.89. The summed E-state index contributed by atoms with van der Waals surface area (Å²) in [5, 5.41) is 4.58. The summed E-state index contributed by atoms with van der Waals surface area (Å²) < 4.78 is 7.08. The first-order valence-electron chi connectivity index (χ1n) is 7.78. The molecule has 3 aromatic heterocycles. The molecule has 6 nitrogen and oxygen atoms in total. The number of furan rings is 1. The van der Waals surface area contributed by atoms with Crippen LogP contribution in [-0.4, -0.2) is 51.5 Å². The van der Waals surface area contributed by atoms with Crippen molar-refractivity contribution in [2.75, 3.05) is 26.2 Å². The van der Waals surface area contributed by atoms with Crippen LogP contribution >= 0.6 is 0 Å². The van der Waals surface area contributed by atoms with Gasteiger partial charge < -0.3 is 9.32 Å². The summed E-state index contributed by atoms with van der Waals surface area (Å²) in [6.45, 7) is 3.94. The van der Waals surface area contributed by atoms with Crippen LogP contribution in [0.2, 0.25) is 0 Å². The first-order chi connectivity index (χ1) is 11.3. The van der Waals surface area contributed by atoms with Crippen molar-refractivity contribution in [2.45, 2.75) is 6.54 Å². The Labute approximate surface area is 133 Å². The third kappa shape index (κ3) is 2.85. The molecule has 3 aromatic rings. The van der Waals surface area contributed by atoms with Crippen LogP contribution in [0.25, 0.3) is 5.52 Å². The molecular weight excluding hydrogens is 292 g/mol.